The van der Waals surface area contributed by atoms with E-state index in [1.165, 1.54) is 6.07 Å². The van der Waals surface area contributed by atoms with Gasteiger partial charge in [-0.15, -0.1) is 0 Å². The summed E-state index contributed by atoms with van der Waals surface area (Å²) in [4.78, 5) is 20.0. The Labute approximate surface area is 179 Å². The quantitative estimate of drug-likeness (QED) is 0.433. The molecule has 0 aliphatic heterocycles. The number of fused-ring (bicyclic) bond motifs is 1. The van der Waals surface area contributed by atoms with Gasteiger partial charge in [0.15, 0.2) is 0 Å². The number of nitrogens with one attached hydrogen (secondary N) is 1. The first kappa shape index (κ1) is 20.0. The number of rotatable bonds is 6. The summed E-state index contributed by atoms with van der Waals surface area (Å²) in [5, 5.41) is 14.3. The predicted molar refractivity (Wildman–Crippen MR) is 119 cm³/mol. The number of para-hydroxylation sites is 1. The Hall–Kier alpha value is -3.28. The summed E-state index contributed by atoms with van der Waals surface area (Å²) in [6.07, 6.45) is 1.60. The monoisotopic (exact) mass is 417 g/mol. The zero-order valence-corrected chi connectivity index (χ0v) is 17.1. The molecule has 2 aromatic carbocycles. The smallest absolute Gasteiger partial charge is 0.354 e. The van der Waals surface area contributed by atoms with Crippen molar-refractivity contribution in [2.75, 3.05) is 0 Å². The number of pyridine rings is 2. The van der Waals surface area contributed by atoms with Crippen LogP contribution >= 0.6 is 11.6 Å². The second-order valence-electron chi connectivity index (χ2n) is 7.08. The van der Waals surface area contributed by atoms with Gasteiger partial charge in [0.1, 0.15) is 5.69 Å². The Morgan fingerprint density at radius 1 is 1.10 bits per heavy atom. The maximum Gasteiger partial charge on any atom is 0.354 e. The number of nitrogens with zero attached hydrogens (tertiary/aromatic N) is 2. The van der Waals surface area contributed by atoms with Crippen LogP contribution in [-0.4, -0.2) is 21.0 Å². The number of carboxylic acid groups (broad SMARTS) is 1. The SMILES string of the molecule is CC(NCc1cccc(Cl)c1)c1cc(-c2ccc(C(=O)O)nc2)c2ccccc2n1. The van der Waals surface area contributed by atoms with Gasteiger partial charge in [-0.3, -0.25) is 4.98 Å². The largest absolute Gasteiger partial charge is 0.477 e. The summed E-state index contributed by atoms with van der Waals surface area (Å²) < 4.78 is 0. The predicted octanol–water partition coefficient (Wildman–Crippen LogP) is 5.50. The lowest BCUT2D eigenvalue weighted by Gasteiger charge is -2.17. The van der Waals surface area contributed by atoms with Crippen molar-refractivity contribution in [3.8, 4) is 11.1 Å². The minimum Gasteiger partial charge on any atom is -0.477 e. The van der Waals surface area contributed by atoms with E-state index in [-0.39, 0.29) is 11.7 Å². The molecular weight excluding hydrogens is 398 g/mol. The van der Waals surface area contributed by atoms with Crippen molar-refractivity contribution in [1.82, 2.24) is 15.3 Å². The summed E-state index contributed by atoms with van der Waals surface area (Å²) in [7, 11) is 0. The van der Waals surface area contributed by atoms with Crippen LogP contribution in [-0.2, 0) is 6.54 Å². The van der Waals surface area contributed by atoms with Gasteiger partial charge < -0.3 is 10.4 Å². The van der Waals surface area contributed by atoms with E-state index >= 15 is 0 Å². The van der Waals surface area contributed by atoms with Gasteiger partial charge in [0, 0.05) is 34.8 Å². The van der Waals surface area contributed by atoms with Crippen molar-refractivity contribution in [3.63, 3.8) is 0 Å². The van der Waals surface area contributed by atoms with Crippen molar-refractivity contribution in [2.45, 2.75) is 19.5 Å². The van der Waals surface area contributed by atoms with Crippen molar-refractivity contribution in [2.24, 2.45) is 0 Å². The third-order valence-corrected chi connectivity index (χ3v) is 5.21. The van der Waals surface area contributed by atoms with Gasteiger partial charge in [0.25, 0.3) is 0 Å². The fourth-order valence-corrected chi connectivity index (χ4v) is 3.57. The molecule has 0 saturated carbocycles. The van der Waals surface area contributed by atoms with E-state index in [1.54, 1.807) is 12.3 Å². The molecule has 0 aliphatic carbocycles. The van der Waals surface area contributed by atoms with Crippen LogP contribution in [0.4, 0.5) is 0 Å². The summed E-state index contributed by atoms with van der Waals surface area (Å²) in [6, 6.07) is 21.0. The van der Waals surface area contributed by atoms with Crippen LogP contribution < -0.4 is 5.32 Å². The standard InChI is InChI=1S/C24H20ClN3O2/c1-15(26-13-16-5-4-6-18(25)11-16)23-12-20(19-7-2-3-8-21(19)28-23)17-9-10-22(24(29)30)27-14-17/h2-12,14-15,26H,13H2,1H3,(H,29,30). The van der Waals surface area contributed by atoms with Crippen molar-refractivity contribution < 1.29 is 9.90 Å². The number of aromatic nitrogens is 2. The van der Waals surface area contributed by atoms with E-state index in [2.05, 4.69) is 17.2 Å². The molecule has 1 atom stereocenters. The minimum absolute atomic E-state index is 0.00131. The Balaban J connectivity index is 1.68. The average Bonchev–Trinajstić information content (AvgIpc) is 2.77. The molecule has 5 nitrogen and oxygen atoms in total. The van der Waals surface area contributed by atoms with E-state index in [0.29, 0.717) is 11.6 Å². The molecule has 4 aromatic rings. The molecule has 150 valence electrons. The zero-order valence-electron chi connectivity index (χ0n) is 16.3. The molecular formula is C24H20ClN3O2. The number of benzene rings is 2. The third-order valence-electron chi connectivity index (χ3n) is 4.97. The molecule has 2 heterocycles. The first-order valence-electron chi connectivity index (χ1n) is 9.58. The Morgan fingerprint density at radius 3 is 2.67 bits per heavy atom. The highest BCUT2D eigenvalue weighted by Gasteiger charge is 2.14. The van der Waals surface area contributed by atoms with Gasteiger partial charge >= 0.3 is 5.97 Å². The highest BCUT2D eigenvalue weighted by molar-refractivity contribution is 6.30. The fourth-order valence-electron chi connectivity index (χ4n) is 3.36. The van der Waals surface area contributed by atoms with E-state index in [1.807, 2.05) is 54.6 Å². The zero-order chi connectivity index (χ0) is 21.1. The summed E-state index contributed by atoms with van der Waals surface area (Å²) in [5.41, 5.74) is 4.72. The molecule has 0 bridgehead atoms. The lowest BCUT2D eigenvalue weighted by atomic mass is 9.99. The van der Waals surface area contributed by atoms with Crippen LogP contribution in [0.5, 0.6) is 0 Å². The van der Waals surface area contributed by atoms with Crippen LogP contribution in [0.2, 0.25) is 5.02 Å². The molecule has 0 saturated heterocycles. The molecule has 1 unspecified atom stereocenters. The second kappa shape index (κ2) is 8.61. The van der Waals surface area contributed by atoms with E-state index in [4.69, 9.17) is 21.7 Å². The van der Waals surface area contributed by atoms with Crippen LogP contribution in [0.1, 0.15) is 34.7 Å². The highest BCUT2D eigenvalue weighted by atomic mass is 35.5. The normalized spacial score (nSPS) is 12.1. The summed E-state index contributed by atoms with van der Waals surface area (Å²) >= 11 is 6.08. The maximum atomic E-state index is 11.1. The van der Waals surface area contributed by atoms with Gasteiger partial charge in [-0.1, -0.05) is 48.0 Å². The van der Waals surface area contributed by atoms with Crippen LogP contribution in [0.3, 0.4) is 0 Å². The molecule has 0 radical (unpaired) electrons. The second-order valence-corrected chi connectivity index (χ2v) is 7.52. The Bertz CT molecular complexity index is 1210. The molecule has 2 N–H and O–H groups in total. The minimum atomic E-state index is -1.04. The fraction of sp³-hybridized carbons (Fsp3) is 0.125. The van der Waals surface area contributed by atoms with Crippen molar-refractivity contribution in [1.29, 1.82) is 0 Å². The van der Waals surface area contributed by atoms with Crippen molar-refractivity contribution in [3.05, 3.63) is 94.9 Å². The number of carboxylic acids is 1. The first-order chi connectivity index (χ1) is 14.5. The van der Waals surface area contributed by atoms with Crippen LogP contribution in [0.15, 0.2) is 72.9 Å². The molecule has 2 aromatic heterocycles. The summed E-state index contributed by atoms with van der Waals surface area (Å²) in [6.45, 7) is 2.73. The molecule has 0 spiro atoms. The number of halogens is 1. The van der Waals surface area contributed by atoms with Gasteiger partial charge in [-0.2, -0.15) is 0 Å². The third kappa shape index (κ3) is 4.32. The number of carbonyl (C=O) groups is 1. The van der Waals surface area contributed by atoms with Crippen LogP contribution in [0, 0.1) is 0 Å². The number of aromatic carboxylic acids is 1. The molecule has 0 aliphatic rings. The molecule has 0 fully saturated rings. The van der Waals surface area contributed by atoms with Crippen LogP contribution in [0.25, 0.3) is 22.0 Å². The average molecular weight is 418 g/mol. The molecule has 0 amide bonds. The maximum absolute atomic E-state index is 11.1. The lowest BCUT2D eigenvalue weighted by Crippen LogP contribution is -2.19. The van der Waals surface area contributed by atoms with E-state index in [9.17, 15) is 4.79 Å². The molecule has 30 heavy (non-hydrogen) atoms. The number of hydrogen-bond acceptors (Lipinski definition) is 4. The van der Waals surface area contributed by atoms with Gasteiger partial charge in [0.2, 0.25) is 0 Å². The number of hydrogen-bond donors (Lipinski definition) is 2. The van der Waals surface area contributed by atoms with Crippen molar-refractivity contribution >= 4 is 28.5 Å². The lowest BCUT2D eigenvalue weighted by molar-refractivity contribution is 0.0690. The summed E-state index contributed by atoms with van der Waals surface area (Å²) in [5.74, 6) is -1.04. The molecule has 4 rings (SSSR count). The highest BCUT2D eigenvalue weighted by Crippen LogP contribution is 2.30. The van der Waals surface area contributed by atoms with Gasteiger partial charge in [-0.25, -0.2) is 9.78 Å². The Morgan fingerprint density at radius 2 is 1.93 bits per heavy atom. The Kier molecular flexibility index (Phi) is 5.74. The first-order valence-corrected chi connectivity index (χ1v) is 9.96. The van der Waals surface area contributed by atoms with Gasteiger partial charge in [-0.05, 0) is 48.4 Å². The van der Waals surface area contributed by atoms with E-state index < -0.39 is 5.97 Å². The van der Waals surface area contributed by atoms with E-state index in [0.717, 1.165) is 33.3 Å². The van der Waals surface area contributed by atoms with Gasteiger partial charge in [0.05, 0.1) is 11.2 Å². The topological polar surface area (TPSA) is 75.1 Å². The molecule has 6 heteroatoms.